The molecule has 0 unspecified atom stereocenters. The Kier molecular flexibility index (Phi) is 6.64. The Bertz CT molecular complexity index is 1150. The van der Waals surface area contributed by atoms with E-state index in [1.165, 1.54) is 0 Å². The number of aryl methyl sites for hydroxylation is 1. The summed E-state index contributed by atoms with van der Waals surface area (Å²) in [7, 11) is 0. The average Bonchev–Trinajstić information content (AvgIpc) is 3.37. The lowest BCUT2D eigenvalue weighted by molar-refractivity contribution is -0.137. The number of hydrogen-bond donors (Lipinski definition) is 3. The van der Waals surface area contributed by atoms with Gasteiger partial charge in [0.15, 0.2) is 0 Å². The van der Waals surface area contributed by atoms with E-state index in [-0.39, 0.29) is 18.4 Å². The van der Waals surface area contributed by atoms with Gasteiger partial charge in [-0.2, -0.15) is 0 Å². The normalized spacial score (nSPS) is 17.5. The third-order valence-electron chi connectivity index (χ3n) is 6.56. The molecule has 0 spiro atoms. The first-order valence-corrected chi connectivity index (χ1v) is 12.5. The second kappa shape index (κ2) is 9.31. The number of carbonyl (C=O) groups is 1. The minimum absolute atomic E-state index is 0.0246. The Morgan fingerprint density at radius 2 is 2.09 bits per heavy atom. The summed E-state index contributed by atoms with van der Waals surface area (Å²) < 4.78 is 1.13. The van der Waals surface area contributed by atoms with Crippen molar-refractivity contribution >= 4 is 44.6 Å². The maximum atomic E-state index is 11.4. The molecule has 3 N–H and O–H groups in total. The van der Waals surface area contributed by atoms with Crippen molar-refractivity contribution in [3.63, 3.8) is 0 Å². The van der Waals surface area contributed by atoms with Crippen LogP contribution in [0.25, 0.3) is 10.2 Å². The van der Waals surface area contributed by atoms with Crippen molar-refractivity contribution in [1.29, 1.82) is 0 Å². The Labute approximate surface area is 199 Å². The van der Waals surface area contributed by atoms with Crippen molar-refractivity contribution in [2.24, 2.45) is 0 Å². The van der Waals surface area contributed by atoms with Gasteiger partial charge in [0.25, 0.3) is 0 Å². The molecule has 7 heteroatoms. The highest BCUT2D eigenvalue weighted by molar-refractivity contribution is 7.18. The molecule has 0 bridgehead atoms. The summed E-state index contributed by atoms with van der Waals surface area (Å²) in [5, 5.41) is 24.8. The van der Waals surface area contributed by atoms with E-state index in [1.54, 1.807) is 11.3 Å². The van der Waals surface area contributed by atoms with Crippen molar-refractivity contribution in [1.82, 2.24) is 4.98 Å². The molecule has 1 aliphatic rings. The third-order valence-corrected chi connectivity index (χ3v) is 7.49. The van der Waals surface area contributed by atoms with E-state index in [1.807, 2.05) is 45.9 Å². The SMILES string of the molecule is CC[C@@H](CC(=O)O)c1ccc(N2CCC[C@H]2C(C)(C)O)c(Nc2ccc3nc(C)sc3c2)c1. The molecule has 1 saturated heterocycles. The van der Waals surface area contributed by atoms with Crippen molar-refractivity contribution in [3.8, 4) is 0 Å². The molecule has 4 rings (SSSR count). The highest BCUT2D eigenvalue weighted by atomic mass is 32.1. The van der Waals surface area contributed by atoms with E-state index in [4.69, 9.17) is 0 Å². The van der Waals surface area contributed by atoms with Gasteiger partial charge in [-0.3, -0.25) is 4.79 Å². The number of rotatable bonds is 8. The Hall–Kier alpha value is -2.64. The maximum absolute atomic E-state index is 11.4. The number of hydrogen-bond acceptors (Lipinski definition) is 6. The highest BCUT2D eigenvalue weighted by Gasteiger charge is 2.37. The second-order valence-electron chi connectivity index (χ2n) is 9.53. The molecule has 0 radical (unpaired) electrons. The predicted octanol–water partition coefficient (Wildman–Crippen LogP) is 6.06. The van der Waals surface area contributed by atoms with E-state index in [0.717, 1.165) is 63.7 Å². The summed E-state index contributed by atoms with van der Waals surface area (Å²) in [5.74, 6) is -0.833. The number of aromatic nitrogens is 1. The van der Waals surface area contributed by atoms with Gasteiger partial charge < -0.3 is 20.4 Å². The fraction of sp³-hybridized carbons (Fsp3) is 0.462. The quantitative estimate of drug-likeness (QED) is 0.374. The first-order chi connectivity index (χ1) is 15.7. The van der Waals surface area contributed by atoms with Crippen LogP contribution in [0.4, 0.5) is 17.1 Å². The van der Waals surface area contributed by atoms with Gasteiger partial charge >= 0.3 is 5.97 Å². The van der Waals surface area contributed by atoms with Crippen LogP contribution >= 0.6 is 11.3 Å². The molecule has 176 valence electrons. The van der Waals surface area contributed by atoms with Crippen LogP contribution in [0.3, 0.4) is 0 Å². The number of carboxylic acid groups (broad SMARTS) is 1. The number of thiazole rings is 1. The predicted molar refractivity (Wildman–Crippen MR) is 136 cm³/mol. The zero-order valence-corrected chi connectivity index (χ0v) is 20.6. The number of benzene rings is 2. The molecular formula is C26H33N3O3S. The molecule has 1 aliphatic heterocycles. The second-order valence-corrected chi connectivity index (χ2v) is 10.8. The molecule has 2 aromatic carbocycles. The fourth-order valence-electron chi connectivity index (χ4n) is 4.93. The Morgan fingerprint density at radius 3 is 2.79 bits per heavy atom. The van der Waals surface area contributed by atoms with Gasteiger partial charge in [0.2, 0.25) is 0 Å². The van der Waals surface area contributed by atoms with Gasteiger partial charge in [0, 0.05) is 12.2 Å². The van der Waals surface area contributed by atoms with Gasteiger partial charge in [-0.25, -0.2) is 4.98 Å². The summed E-state index contributed by atoms with van der Waals surface area (Å²) in [4.78, 5) is 18.3. The molecule has 0 amide bonds. The minimum Gasteiger partial charge on any atom is -0.481 e. The van der Waals surface area contributed by atoms with Gasteiger partial charge in [0.1, 0.15) is 0 Å². The van der Waals surface area contributed by atoms with E-state index in [9.17, 15) is 15.0 Å². The third kappa shape index (κ3) is 5.14. The summed E-state index contributed by atoms with van der Waals surface area (Å²) in [6, 6.07) is 12.4. The first-order valence-electron chi connectivity index (χ1n) is 11.6. The highest BCUT2D eigenvalue weighted by Crippen LogP contribution is 2.40. The summed E-state index contributed by atoms with van der Waals surface area (Å²) in [5.41, 5.74) is 4.13. The van der Waals surface area contributed by atoms with Crippen LogP contribution < -0.4 is 10.2 Å². The zero-order chi connectivity index (χ0) is 23.8. The van der Waals surface area contributed by atoms with E-state index in [2.05, 4.69) is 33.4 Å². The van der Waals surface area contributed by atoms with Crippen molar-refractivity contribution in [2.45, 2.75) is 70.9 Å². The van der Waals surface area contributed by atoms with Gasteiger partial charge in [-0.05, 0) is 81.8 Å². The van der Waals surface area contributed by atoms with Gasteiger partial charge in [-0.1, -0.05) is 13.0 Å². The molecule has 0 aliphatic carbocycles. The van der Waals surface area contributed by atoms with E-state index in [0.29, 0.717) is 0 Å². The molecule has 0 saturated carbocycles. The molecular weight excluding hydrogens is 434 g/mol. The summed E-state index contributed by atoms with van der Waals surface area (Å²) in [6.45, 7) is 8.66. The Morgan fingerprint density at radius 1 is 1.30 bits per heavy atom. The smallest absolute Gasteiger partial charge is 0.303 e. The van der Waals surface area contributed by atoms with Crippen LogP contribution in [0.1, 0.15) is 62.9 Å². The average molecular weight is 468 g/mol. The van der Waals surface area contributed by atoms with Crippen LogP contribution in [-0.2, 0) is 4.79 Å². The number of aliphatic carboxylic acids is 1. The molecule has 2 heterocycles. The van der Waals surface area contributed by atoms with E-state index < -0.39 is 11.6 Å². The fourth-order valence-corrected chi connectivity index (χ4v) is 5.80. The molecule has 33 heavy (non-hydrogen) atoms. The molecule has 1 fully saturated rings. The molecule has 3 aromatic rings. The van der Waals surface area contributed by atoms with Gasteiger partial charge in [0.05, 0.1) is 44.7 Å². The van der Waals surface area contributed by atoms with Crippen LogP contribution in [0.15, 0.2) is 36.4 Å². The zero-order valence-electron chi connectivity index (χ0n) is 19.8. The number of aliphatic hydroxyl groups is 1. The topological polar surface area (TPSA) is 85.7 Å². The van der Waals surface area contributed by atoms with Crippen molar-refractivity contribution in [2.75, 3.05) is 16.8 Å². The summed E-state index contributed by atoms with van der Waals surface area (Å²) >= 11 is 1.67. The van der Waals surface area contributed by atoms with E-state index >= 15 is 0 Å². The van der Waals surface area contributed by atoms with Crippen molar-refractivity contribution in [3.05, 3.63) is 47.0 Å². The lowest BCUT2D eigenvalue weighted by Gasteiger charge is -2.36. The number of anilines is 3. The lowest BCUT2D eigenvalue weighted by atomic mass is 9.91. The monoisotopic (exact) mass is 467 g/mol. The van der Waals surface area contributed by atoms with Crippen LogP contribution in [0.5, 0.6) is 0 Å². The number of nitrogens with zero attached hydrogens (tertiary/aromatic N) is 2. The van der Waals surface area contributed by atoms with Crippen molar-refractivity contribution < 1.29 is 15.0 Å². The van der Waals surface area contributed by atoms with Crippen LogP contribution in [0, 0.1) is 6.92 Å². The lowest BCUT2D eigenvalue weighted by Crippen LogP contribution is -2.46. The molecule has 6 nitrogen and oxygen atoms in total. The minimum atomic E-state index is -0.819. The standard InChI is InChI=1S/C26H33N3O3S/c1-5-17(14-25(30)31)18-8-11-22(29-12-6-7-24(29)26(3,4)32)21(13-18)28-19-9-10-20-23(15-19)33-16(2)27-20/h8-11,13,15,17,24,28,32H,5-7,12,14H2,1-4H3,(H,30,31)/t17-,24-/m0/s1. The van der Waals surface area contributed by atoms with Crippen LogP contribution in [-0.4, -0.2) is 39.4 Å². The summed E-state index contributed by atoms with van der Waals surface area (Å²) in [6.07, 6.45) is 2.83. The first kappa shape index (κ1) is 23.5. The van der Waals surface area contributed by atoms with Crippen LogP contribution in [0.2, 0.25) is 0 Å². The molecule has 2 atom stereocenters. The number of nitrogens with one attached hydrogen (secondary N) is 1. The number of carboxylic acids is 1. The largest absolute Gasteiger partial charge is 0.481 e. The molecule has 1 aromatic heterocycles. The van der Waals surface area contributed by atoms with Gasteiger partial charge in [-0.15, -0.1) is 11.3 Å². The Balaban J connectivity index is 1.75. The maximum Gasteiger partial charge on any atom is 0.303 e. The number of fused-ring (bicyclic) bond motifs is 1.